The molecular weight excluding hydrogens is 480 g/mol. The lowest BCUT2D eigenvalue weighted by atomic mass is 9.43. The molecule has 4 aliphatic carbocycles. The number of aliphatic hydroxyl groups excluding tert-OH is 3. The van der Waals surface area contributed by atoms with Crippen molar-refractivity contribution in [1.29, 1.82) is 0 Å². The normalized spacial score (nSPS) is 42.9. The summed E-state index contributed by atoms with van der Waals surface area (Å²) in [7, 11) is 0. The summed E-state index contributed by atoms with van der Waals surface area (Å²) in [6.45, 7) is 6.80. The first-order valence-electron chi connectivity index (χ1n) is 14.7. The maximum absolute atomic E-state index is 12.7. The number of hydrogen-bond donors (Lipinski definition) is 5. The van der Waals surface area contributed by atoms with Crippen molar-refractivity contribution in [3.63, 3.8) is 0 Å². The van der Waals surface area contributed by atoms with Crippen LogP contribution in [0.5, 0.6) is 0 Å². The van der Waals surface area contributed by atoms with E-state index in [2.05, 4.69) is 26.1 Å². The molecule has 7 heteroatoms. The summed E-state index contributed by atoms with van der Waals surface area (Å²) in [6, 6.07) is 6.67. The highest BCUT2D eigenvalue weighted by Gasteiger charge is 2.65. The van der Waals surface area contributed by atoms with Crippen LogP contribution in [0.15, 0.2) is 24.3 Å². The van der Waals surface area contributed by atoms with Gasteiger partial charge in [0.15, 0.2) is 0 Å². The van der Waals surface area contributed by atoms with E-state index >= 15 is 0 Å². The van der Waals surface area contributed by atoms with E-state index in [4.69, 9.17) is 5.73 Å². The molecule has 0 unspecified atom stereocenters. The number of benzene rings is 1. The molecule has 0 aliphatic heterocycles. The molecule has 0 saturated heterocycles. The lowest BCUT2D eigenvalue weighted by Gasteiger charge is -2.63. The molecule has 7 nitrogen and oxygen atoms in total. The second kappa shape index (κ2) is 10.2. The molecule has 0 heterocycles. The molecule has 0 bridgehead atoms. The van der Waals surface area contributed by atoms with Gasteiger partial charge in [-0.15, -0.1) is 0 Å². The van der Waals surface area contributed by atoms with Gasteiger partial charge in [-0.1, -0.05) is 26.8 Å². The number of nitrogens with one attached hydrogen (secondary N) is 1. The molecule has 38 heavy (non-hydrogen) atoms. The van der Waals surface area contributed by atoms with E-state index in [1.807, 2.05) is 0 Å². The van der Waals surface area contributed by atoms with Crippen LogP contribution >= 0.6 is 0 Å². The fourth-order valence-corrected chi connectivity index (χ4v) is 9.67. The number of fused-ring (bicyclic) bond motifs is 5. The van der Waals surface area contributed by atoms with Crippen molar-refractivity contribution in [2.24, 2.45) is 52.1 Å². The number of carbonyl (C=O) groups excluding carboxylic acids is 2. The maximum Gasteiger partial charge on any atom is 0.248 e. The summed E-state index contributed by atoms with van der Waals surface area (Å²) < 4.78 is 0. The van der Waals surface area contributed by atoms with Crippen LogP contribution in [0.3, 0.4) is 0 Å². The highest BCUT2D eigenvalue weighted by atomic mass is 16.3. The van der Waals surface area contributed by atoms with Crippen molar-refractivity contribution in [2.75, 3.05) is 5.32 Å². The van der Waals surface area contributed by atoms with E-state index < -0.39 is 12.0 Å². The number of anilines is 1. The molecular formula is C31H46N2O5. The molecule has 4 saturated carbocycles. The van der Waals surface area contributed by atoms with Crippen molar-refractivity contribution >= 4 is 17.5 Å². The average Bonchev–Trinajstić information content (AvgIpc) is 3.23. The largest absolute Gasteiger partial charge is 0.393 e. The molecule has 210 valence electrons. The second-order valence-electron chi connectivity index (χ2n) is 13.5. The summed E-state index contributed by atoms with van der Waals surface area (Å²) in [4.78, 5) is 24.2. The Bertz CT molecular complexity index is 1060. The van der Waals surface area contributed by atoms with E-state index in [0.29, 0.717) is 29.5 Å². The quantitative estimate of drug-likeness (QED) is 0.381. The molecule has 6 N–H and O–H groups in total. The van der Waals surface area contributed by atoms with Gasteiger partial charge in [-0.25, -0.2) is 0 Å². The van der Waals surface area contributed by atoms with Crippen LogP contribution in [-0.4, -0.2) is 45.4 Å². The number of hydrogen-bond acceptors (Lipinski definition) is 5. The van der Waals surface area contributed by atoms with Gasteiger partial charge in [0.05, 0.1) is 18.3 Å². The third kappa shape index (κ3) is 4.58. The van der Waals surface area contributed by atoms with Crippen molar-refractivity contribution in [2.45, 2.75) is 96.9 Å². The highest BCUT2D eigenvalue weighted by Crippen LogP contribution is 2.68. The summed E-state index contributed by atoms with van der Waals surface area (Å²) in [5.41, 5.74) is 6.08. The molecule has 4 aliphatic rings. The van der Waals surface area contributed by atoms with Gasteiger partial charge in [0.2, 0.25) is 11.8 Å². The number of carbonyl (C=O) groups is 2. The number of aliphatic hydroxyl groups is 3. The van der Waals surface area contributed by atoms with Crippen molar-refractivity contribution < 1.29 is 24.9 Å². The Hall–Kier alpha value is -1.96. The van der Waals surface area contributed by atoms with Crippen LogP contribution in [-0.2, 0) is 4.79 Å². The van der Waals surface area contributed by atoms with E-state index in [9.17, 15) is 24.9 Å². The van der Waals surface area contributed by atoms with Gasteiger partial charge in [-0.3, -0.25) is 9.59 Å². The van der Waals surface area contributed by atoms with Crippen LogP contribution in [0.25, 0.3) is 0 Å². The molecule has 1 aromatic carbocycles. The second-order valence-corrected chi connectivity index (χ2v) is 13.5. The Morgan fingerprint density at radius 1 is 1.08 bits per heavy atom. The molecule has 4 fully saturated rings. The Morgan fingerprint density at radius 3 is 2.58 bits per heavy atom. The highest BCUT2D eigenvalue weighted by molar-refractivity contribution is 5.96. The summed E-state index contributed by atoms with van der Waals surface area (Å²) in [5, 5.41) is 36.4. The zero-order valence-corrected chi connectivity index (χ0v) is 23.1. The predicted octanol–water partition coefficient (Wildman–Crippen LogP) is 4.10. The molecule has 0 radical (unpaired) electrons. The third-order valence-electron chi connectivity index (χ3n) is 11.8. The first kappa shape index (κ1) is 27.6. The van der Waals surface area contributed by atoms with Crippen molar-refractivity contribution in [3.05, 3.63) is 29.8 Å². The first-order valence-corrected chi connectivity index (χ1v) is 14.7. The Balaban J connectivity index is 1.26. The average molecular weight is 527 g/mol. The van der Waals surface area contributed by atoms with Gasteiger partial charge in [0.25, 0.3) is 0 Å². The smallest absolute Gasteiger partial charge is 0.248 e. The first-order chi connectivity index (χ1) is 17.9. The van der Waals surface area contributed by atoms with Gasteiger partial charge < -0.3 is 26.4 Å². The van der Waals surface area contributed by atoms with E-state index in [-0.39, 0.29) is 52.6 Å². The Morgan fingerprint density at radius 2 is 1.84 bits per heavy atom. The topological polar surface area (TPSA) is 133 Å². The lowest BCUT2D eigenvalue weighted by Crippen LogP contribution is -2.62. The minimum atomic E-state index is -0.527. The van der Waals surface area contributed by atoms with Gasteiger partial charge in [0.1, 0.15) is 0 Å². The maximum atomic E-state index is 12.7. The third-order valence-corrected chi connectivity index (χ3v) is 11.8. The fraction of sp³-hybridized carbons (Fsp3) is 0.742. The fourth-order valence-electron chi connectivity index (χ4n) is 9.67. The zero-order valence-electron chi connectivity index (χ0n) is 23.1. The van der Waals surface area contributed by atoms with Gasteiger partial charge in [0, 0.05) is 17.7 Å². The monoisotopic (exact) mass is 526 g/mol. The van der Waals surface area contributed by atoms with Crippen LogP contribution < -0.4 is 11.1 Å². The summed E-state index contributed by atoms with van der Waals surface area (Å²) >= 11 is 0. The van der Waals surface area contributed by atoms with Crippen LogP contribution in [0.4, 0.5) is 5.69 Å². The van der Waals surface area contributed by atoms with Gasteiger partial charge >= 0.3 is 0 Å². The van der Waals surface area contributed by atoms with E-state index in [0.717, 1.165) is 51.4 Å². The SMILES string of the molecule is C[C@H](CCC(=O)Nc1cccc(C(N)=O)c1)[C@H]1CC[C@H]2[C@@H]3[C@H](O)C[C@@H]4C[C@H](O)CC[C@]4(C)[C@H]3C[C@H](O)[C@]12C. The molecule has 0 spiro atoms. The van der Waals surface area contributed by atoms with Crippen molar-refractivity contribution in [1.82, 2.24) is 0 Å². The predicted molar refractivity (Wildman–Crippen MR) is 146 cm³/mol. The lowest BCUT2D eigenvalue weighted by molar-refractivity contribution is -0.207. The van der Waals surface area contributed by atoms with Crippen molar-refractivity contribution in [3.8, 4) is 0 Å². The number of primary amides is 1. The molecule has 11 atom stereocenters. The molecule has 0 aromatic heterocycles. The number of amides is 2. The Labute approximate surface area is 226 Å². The van der Waals surface area contributed by atoms with E-state index in [1.54, 1.807) is 24.3 Å². The zero-order chi connectivity index (χ0) is 27.4. The van der Waals surface area contributed by atoms with Gasteiger partial charge in [-0.05, 0) is 116 Å². The van der Waals surface area contributed by atoms with Crippen LogP contribution in [0, 0.1) is 46.3 Å². The van der Waals surface area contributed by atoms with Crippen LogP contribution in [0.2, 0.25) is 0 Å². The molecule has 5 rings (SSSR count). The molecule has 1 aromatic rings. The molecule has 2 amide bonds. The number of rotatable bonds is 6. The minimum Gasteiger partial charge on any atom is -0.393 e. The minimum absolute atomic E-state index is 0.0685. The summed E-state index contributed by atoms with van der Waals surface area (Å²) in [5.74, 6) is 0.995. The summed E-state index contributed by atoms with van der Waals surface area (Å²) in [6.07, 6.45) is 6.07. The standard InChI is InChI=1S/C31H46N2O5/c1-17(7-10-27(37)33-20-6-4-5-18(13-20)29(32)38)22-8-9-23-28-24(16-26(36)31(22,23)3)30(2)12-11-21(34)14-19(30)15-25(28)35/h4-6,13,17,19,21-26,28,34-36H,7-12,14-16H2,1-3H3,(H2,32,38)(H,33,37)/t17-,19+,21-,22-,23+,24+,25-,26+,28+,30+,31-/m1/s1. The van der Waals surface area contributed by atoms with Gasteiger partial charge in [-0.2, -0.15) is 0 Å². The Kier molecular flexibility index (Phi) is 7.42. The number of nitrogens with two attached hydrogens (primary N) is 1. The van der Waals surface area contributed by atoms with E-state index in [1.165, 1.54) is 0 Å². The van der Waals surface area contributed by atoms with Crippen LogP contribution in [0.1, 0.15) is 88.9 Å².